The van der Waals surface area contributed by atoms with Crippen LogP contribution in [0.4, 0.5) is 0 Å². The third-order valence-corrected chi connectivity index (χ3v) is 2.81. The predicted octanol–water partition coefficient (Wildman–Crippen LogP) is 1.52. The van der Waals surface area contributed by atoms with Crippen molar-refractivity contribution in [3.63, 3.8) is 0 Å². The number of ether oxygens (including phenoxy) is 1. The van der Waals surface area contributed by atoms with E-state index in [2.05, 4.69) is 17.4 Å². The van der Waals surface area contributed by atoms with Gasteiger partial charge in [0, 0.05) is 6.04 Å². The first-order valence-corrected chi connectivity index (χ1v) is 5.78. The van der Waals surface area contributed by atoms with Gasteiger partial charge in [0.1, 0.15) is 6.04 Å². The average molecular weight is 219 g/mol. The molecule has 3 heteroatoms. The molecule has 1 saturated heterocycles. The number of hydrogen-bond acceptors (Lipinski definition) is 3. The zero-order chi connectivity index (χ0) is 11.4. The summed E-state index contributed by atoms with van der Waals surface area (Å²) in [6, 6.07) is 10.6. The van der Waals surface area contributed by atoms with E-state index in [0.717, 1.165) is 12.8 Å². The standard InChI is InChI=1S/C13H17NO2/c1-2-16-13(15)12-11(14-12)9-8-10-6-4-3-5-7-10/h3-7,11-12,14H,2,8-9H2,1H3/t11-,12-/m0/s1. The number of esters is 1. The molecule has 16 heavy (non-hydrogen) atoms. The van der Waals surface area contributed by atoms with Crippen LogP contribution in [-0.2, 0) is 16.0 Å². The van der Waals surface area contributed by atoms with Crippen LogP contribution in [0.1, 0.15) is 18.9 Å². The highest BCUT2D eigenvalue weighted by molar-refractivity contribution is 5.80. The lowest BCUT2D eigenvalue weighted by molar-refractivity contribution is -0.142. The molecule has 1 aliphatic heterocycles. The molecule has 0 aromatic heterocycles. The number of nitrogens with one attached hydrogen (secondary N) is 1. The minimum absolute atomic E-state index is 0.0661. The van der Waals surface area contributed by atoms with Crippen LogP contribution in [0.5, 0.6) is 0 Å². The number of carbonyl (C=O) groups is 1. The first kappa shape index (κ1) is 11.1. The Morgan fingerprint density at radius 3 is 2.81 bits per heavy atom. The zero-order valence-electron chi connectivity index (χ0n) is 9.48. The Labute approximate surface area is 95.8 Å². The van der Waals surface area contributed by atoms with Crippen molar-refractivity contribution in [1.82, 2.24) is 5.32 Å². The van der Waals surface area contributed by atoms with E-state index in [1.165, 1.54) is 5.56 Å². The van der Waals surface area contributed by atoms with Gasteiger partial charge in [0.25, 0.3) is 0 Å². The van der Waals surface area contributed by atoms with Crippen LogP contribution in [0.3, 0.4) is 0 Å². The van der Waals surface area contributed by atoms with E-state index in [-0.39, 0.29) is 12.0 Å². The maximum absolute atomic E-state index is 11.3. The normalized spacial score (nSPS) is 22.8. The molecule has 2 rings (SSSR count). The fourth-order valence-electron chi connectivity index (χ4n) is 1.86. The van der Waals surface area contributed by atoms with Gasteiger partial charge in [0.2, 0.25) is 0 Å². The Hall–Kier alpha value is -1.35. The summed E-state index contributed by atoms with van der Waals surface area (Å²) in [7, 11) is 0. The monoisotopic (exact) mass is 219 g/mol. The highest BCUT2D eigenvalue weighted by atomic mass is 16.5. The lowest BCUT2D eigenvalue weighted by Crippen LogP contribution is -2.15. The fourth-order valence-corrected chi connectivity index (χ4v) is 1.86. The van der Waals surface area contributed by atoms with Gasteiger partial charge in [0.15, 0.2) is 0 Å². The highest BCUT2D eigenvalue weighted by Gasteiger charge is 2.42. The smallest absolute Gasteiger partial charge is 0.324 e. The van der Waals surface area contributed by atoms with Crippen molar-refractivity contribution in [1.29, 1.82) is 0 Å². The van der Waals surface area contributed by atoms with E-state index in [4.69, 9.17) is 4.74 Å². The summed E-state index contributed by atoms with van der Waals surface area (Å²) in [5.41, 5.74) is 1.32. The molecule has 0 radical (unpaired) electrons. The van der Waals surface area contributed by atoms with Gasteiger partial charge >= 0.3 is 5.97 Å². The minimum Gasteiger partial charge on any atom is -0.465 e. The lowest BCUT2D eigenvalue weighted by Gasteiger charge is -2.00. The molecule has 1 aromatic carbocycles. The van der Waals surface area contributed by atoms with Crippen molar-refractivity contribution in [3.05, 3.63) is 35.9 Å². The molecule has 0 unspecified atom stereocenters. The molecule has 0 saturated carbocycles. The predicted molar refractivity (Wildman–Crippen MR) is 62.1 cm³/mol. The van der Waals surface area contributed by atoms with Crippen molar-refractivity contribution < 1.29 is 9.53 Å². The first-order chi connectivity index (χ1) is 7.81. The van der Waals surface area contributed by atoms with E-state index in [9.17, 15) is 4.79 Å². The molecule has 1 fully saturated rings. The molecule has 2 atom stereocenters. The van der Waals surface area contributed by atoms with Gasteiger partial charge < -0.3 is 4.74 Å². The quantitative estimate of drug-likeness (QED) is 0.603. The second-order valence-corrected chi connectivity index (χ2v) is 4.03. The van der Waals surface area contributed by atoms with Crippen molar-refractivity contribution in [2.75, 3.05) is 6.61 Å². The Kier molecular flexibility index (Phi) is 3.57. The van der Waals surface area contributed by atoms with Crippen LogP contribution in [0.15, 0.2) is 30.3 Å². The molecule has 1 aliphatic rings. The SMILES string of the molecule is CCOC(=O)[C@H]1N[C@H]1CCc1ccccc1. The van der Waals surface area contributed by atoms with Crippen LogP contribution >= 0.6 is 0 Å². The number of rotatable bonds is 5. The number of carbonyl (C=O) groups excluding carboxylic acids is 1. The molecular formula is C13H17NO2. The maximum atomic E-state index is 11.3. The van der Waals surface area contributed by atoms with Crippen molar-refractivity contribution >= 4 is 5.97 Å². The van der Waals surface area contributed by atoms with Crippen LogP contribution in [-0.4, -0.2) is 24.7 Å². The third-order valence-electron chi connectivity index (χ3n) is 2.81. The molecule has 0 aliphatic carbocycles. The van der Waals surface area contributed by atoms with Crippen LogP contribution in [0, 0.1) is 0 Å². The fraction of sp³-hybridized carbons (Fsp3) is 0.462. The van der Waals surface area contributed by atoms with Crippen molar-refractivity contribution in [2.45, 2.75) is 31.8 Å². The Morgan fingerprint density at radius 2 is 2.12 bits per heavy atom. The average Bonchev–Trinajstić information content (AvgIpc) is 3.08. The van der Waals surface area contributed by atoms with Crippen LogP contribution in [0.25, 0.3) is 0 Å². The Bertz CT molecular complexity index is 350. The molecule has 86 valence electrons. The van der Waals surface area contributed by atoms with Gasteiger partial charge in [-0.25, -0.2) is 0 Å². The summed E-state index contributed by atoms with van der Waals surface area (Å²) >= 11 is 0. The number of aryl methyl sites for hydroxylation is 1. The largest absolute Gasteiger partial charge is 0.465 e. The van der Waals surface area contributed by atoms with Gasteiger partial charge in [-0.2, -0.15) is 0 Å². The van der Waals surface area contributed by atoms with Gasteiger partial charge in [-0.1, -0.05) is 30.3 Å². The third kappa shape index (κ3) is 2.83. The molecule has 1 heterocycles. The molecular weight excluding hydrogens is 202 g/mol. The van der Waals surface area contributed by atoms with E-state index < -0.39 is 0 Å². The summed E-state index contributed by atoms with van der Waals surface area (Å²) in [6.45, 7) is 2.29. The van der Waals surface area contributed by atoms with E-state index in [1.54, 1.807) is 0 Å². The second kappa shape index (κ2) is 5.12. The highest BCUT2D eigenvalue weighted by Crippen LogP contribution is 2.18. The summed E-state index contributed by atoms with van der Waals surface area (Å²) in [5, 5.41) is 3.15. The summed E-state index contributed by atoms with van der Waals surface area (Å²) in [5.74, 6) is -0.111. The van der Waals surface area contributed by atoms with Gasteiger partial charge in [-0.15, -0.1) is 0 Å². The molecule has 0 amide bonds. The van der Waals surface area contributed by atoms with Crippen molar-refractivity contribution in [3.8, 4) is 0 Å². The molecule has 0 spiro atoms. The van der Waals surface area contributed by atoms with Crippen LogP contribution in [0.2, 0.25) is 0 Å². The van der Waals surface area contributed by atoms with Gasteiger partial charge in [-0.3, -0.25) is 10.1 Å². The molecule has 1 aromatic rings. The minimum atomic E-state index is -0.111. The first-order valence-electron chi connectivity index (χ1n) is 5.78. The van der Waals surface area contributed by atoms with Gasteiger partial charge in [0.05, 0.1) is 6.61 Å². The number of hydrogen-bond donors (Lipinski definition) is 1. The maximum Gasteiger partial charge on any atom is 0.324 e. The lowest BCUT2D eigenvalue weighted by atomic mass is 10.1. The van der Waals surface area contributed by atoms with Gasteiger partial charge in [-0.05, 0) is 25.3 Å². The van der Waals surface area contributed by atoms with E-state index >= 15 is 0 Å². The topological polar surface area (TPSA) is 48.2 Å². The van der Waals surface area contributed by atoms with Crippen molar-refractivity contribution in [2.24, 2.45) is 0 Å². The second-order valence-electron chi connectivity index (χ2n) is 4.03. The molecule has 0 bridgehead atoms. The summed E-state index contributed by atoms with van der Waals surface area (Å²) in [6.07, 6.45) is 2.00. The summed E-state index contributed by atoms with van der Waals surface area (Å²) in [4.78, 5) is 11.3. The zero-order valence-corrected chi connectivity index (χ0v) is 9.48. The summed E-state index contributed by atoms with van der Waals surface area (Å²) < 4.78 is 4.95. The van der Waals surface area contributed by atoms with E-state index in [0.29, 0.717) is 12.6 Å². The van der Waals surface area contributed by atoms with E-state index in [1.807, 2.05) is 25.1 Å². The number of benzene rings is 1. The molecule has 1 N–H and O–H groups in total. The molecule has 3 nitrogen and oxygen atoms in total. The Balaban J connectivity index is 1.72. The Morgan fingerprint density at radius 1 is 1.38 bits per heavy atom. The van der Waals surface area contributed by atoms with Crippen LogP contribution < -0.4 is 5.32 Å².